The smallest absolute Gasteiger partial charge is 0.254 e. The number of oxime groups is 1. The molecule has 0 aliphatic carbocycles. The van der Waals surface area contributed by atoms with E-state index in [1.807, 2.05) is 0 Å². The molecule has 1 aliphatic rings. The molecule has 1 aromatic heterocycles. The Labute approximate surface area is 112 Å². The Balaban J connectivity index is 1.59. The highest BCUT2D eigenvalue weighted by Crippen LogP contribution is 2.19. The van der Waals surface area contributed by atoms with Crippen LogP contribution in [-0.2, 0) is 4.84 Å². The minimum Gasteiger partial charge on any atom is -0.471 e. The first-order valence-corrected chi connectivity index (χ1v) is 5.93. The van der Waals surface area contributed by atoms with Crippen LogP contribution >= 0.6 is 0 Å². The van der Waals surface area contributed by atoms with Gasteiger partial charge in [0, 0.05) is 18.1 Å². The highest BCUT2D eigenvalue weighted by Gasteiger charge is 2.23. The summed E-state index contributed by atoms with van der Waals surface area (Å²) in [6.07, 6.45) is 1.55. The first-order chi connectivity index (χ1) is 9.72. The molecule has 7 heteroatoms. The van der Waals surface area contributed by atoms with Gasteiger partial charge < -0.3 is 14.1 Å². The van der Waals surface area contributed by atoms with Crippen LogP contribution in [0.5, 0.6) is 5.88 Å². The fraction of sp³-hybridized carbons (Fsp3) is 0.231. The van der Waals surface area contributed by atoms with Crippen LogP contribution in [0.2, 0.25) is 0 Å². The quantitative estimate of drug-likeness (QED) is 0.863. The number of benzene rings is 1. The Bertz CT molecular complexity index is 629. The van der Waals surface area contributed by atoms with Gasteiger partial charge in [-0.05, 0) is 23.4 Å². The molecule has 0 spiro atoms. The van der Waals surface area contributed by atoms with Gasteiger partial charge in [-0.3, -0.25) is 0 Å². The molecule has 104 valence electrons. The normalized spacial score (nSPS) is 17.7. The van der Waals surface area contributed by atoms with E-state index in [9.17, 15) is 8.78 Å². The van der Waals surface area contributed by atoms with Gasteiger partial charge in [0.05, 0.1) is 5.71 Å². The molecule has 1 aliphatic heterocycles. The number of halogens is 2. The van der Waals surface area contributed by atoms with Crippen LogP contribution < -0.4 is 4.74 Å². The van der Waals surface area contributed by atoms with Gasteiger partial charge in [-0.25, -0.2) is 8.78 Å². The Morgan fingerprint density at radius 1 is 1.25 bits per heavy atom. The largest absolute Gasteiger partial charge is 0.471 e. The van der Waals surface area contributed by atoms with Crippen LogP contribution in [0.15, 0.2) is 40.2 Å². The van der Waals surface area contributed by atoms with Gasteiger partial charge in [-0.2, -0.15) is 0 Å². The van der Waals surface area contributed by atoms with Gasteiger partial charge in [0.15, 0.2) is 17.7 Å². The van der Waals surface area contributed by atoms with Crippen molar-refractivity contribution in [1.82, 2.24) is 5.16 Å². The second-order valence-corrected chi connectivity index (χ2v) is 4.25. The summed E-state index contributed by atoms with van der Waals surface area (Å²) in [5.74, 6) is -1.44. The third kappa shape index (κ3) is 2.61. The molecule has 3 rings (SSSR count). The van der Waals surface area contributed by atoms with Crippen molar-refractivity contribution < 1.29 is 22.9 Å². The molecular formula is C13H10F2N2O3. The Morgan fingerprint density at radius 3 is 2.90 bits per heavy atom. The summed E-state index contributed by atoms with van der Waals surface area (Å²) in [7, 11) is 0. The molecule has 0 saturated carbocycles. The highest BCUT2D eigenvalue weighted by molar-refractivity contribution is 6.01. The van der Waals surface area contributed by atoms with Crippen molar-refractivity contribution in [3.63, 3.8) is 0 Å². The van der Waals surface area contributed by atoms with Crippen LogP contribution in [0.25, 0.3) is 0 Å². The van der Waals surface area contributed by atoms with E-state index in [2.05, 4.69) is 14.8 Å². The zero-order valence-corrected chi connectivity index (χ0v) is 10.3. The molecule has 0 bridgehead atoms. The predicted octanol–water partition coefficient (Wildman–Crippen LogP) is 2.52. The van der Waals surface area contributed by atoms with Crippen molar-refractivity contribution in [2.75, 3.05) is 6.61 Å². The highest BCUT2D eigenvalue weighted by atomic mass is 19.2. The lowest BCUT2D eigenvalue weighted by Crippen LogP contribution is -2.18. The third-order valence-corrected chi connectivity index (χ3v) is 2.82. The average molecular weight is 280 g/mol. The Hall–Kier alpha value is -2.44. The summed E-state index contributed by atoms with van der Waals surface area (Å²) in [4.78, 5) is 5.18. The topological polar surface area (TPSA) is 56.9 Å². The maximum absolute atomic E-state index is 13.1. The van der Waals surface area contributed by atoms with Gasteiger partial charge in [-0.15, -0.1) is 0 Å². The van der Waals surface area contributed by atoms with Gasteiger partial charge in [0.25, 0.3) is 5.88 Å². The van der Waals surface area contributed by atoms with E-state index in [1.54, 1.807) is 6.07 Å². The van der Waals surface area contributed by atoms with Crippen LogP contribution in [0, 0.1) is 11.6 Å². The SMILES string of the molecule is Fc1ccc(C2=NO[C@H](COc3ccon3)C2)cc1F. The number of hydrogen-bond donors (Lipinski definition) is 0. The number of ether oxygens (including phenoxy) is 1. The first kappa shape index (κ1) is 12.6. The van der Waals surface area contributed by atoms with E-state index in [-0.39, 0.29) is 12.7 Å². The second kappa shape index (κ2) is 5.28. The van der Waals surface area contributed by atoms with Gasteiger partial charge in [-0.1, -0.05) is 5.16 Å². The van der Waals surface area contributed by atoms with Crippen LogP contribution in [0.4, 0.5) is 8.78 Å². The zero-order valence-electron chi connectivity index (χ0n) is 10.3. The van der Waals surface area contributed by atoms with E-state index in [1.165, 1.54) is 12.3 Å². The minimum absolute atomic E-state index is 0.239. The first-order valence-electron chi connectivity index (χ1n) is 5.93. The number of nitrogens with zero attached hydrogens (tertiary/aromatic N) is 2. The molecule has 20 heavy (non-hydrogen) atoms. The summed E-state index contributed by atoms with van der Waals surface area (Å²) >= 11 is 0. The summed E-state index contributed by atoms with van der Waals surface area (Å²) in [6.45, 7) is 0.239. The van der Waals surface area contributed by atoms with E-state index in [0.717, 1.165) is 12.1 Å². The van der Waals surface area contributed by atoms with Gasteiger partial charge in [0.2, 0.25) is 0 Å². The molecule has 0 N–H and O–H groups in total. The molecule has 0 unspecified atom stereocenters. The standard InChI is InChI=1S/C13H10F2N2O3/c14-10-2-1-8(5-11(10)15)12-6-9(20-16-12)7-18-13-3-4-19-17-13/h1-5,9H,6-7H2/t9-/m0/s1. The van der Waals surface area contributed by atoms with E-state index in [4.69, 9.17) is 9.57 Å². The maximum Gasteiger partial charge on any atom is 0.254 e. The van der Waals surface area contributed by atoms with E-state index >= 15 is 0 Å². The third-order valence-electron chi connectivity index (χ3n) is 2.82. The van der Waals surface area contributed by atoms with Crippen LogP contribution in [0.1, 0.15) is 12.0 Å². The predicted molar refractivity (Wildman–Crippen MR) is 64.4 cm³/mol. The van der Waals surface area contributed by atoms with Gasteiger partial charge >= 0.3 is 0 Å². The average Bonchev–Trinajstić information content (AvgIpc) is 3.10. The molecule has 5 nitrogen and oxygen atoms in total. The number of aromatic nitrogens is 1. The summed E-state index contributed by atoms with van der Waals surface area (Å²) in [5, 5.41) is 7.46. The number of hydrogen-bond acceptors (Lipinski definition) is 5. The number of rotatable bonds is 4. The van der Waals surface area contributed by atoms with Crippen molar-refractivity contribution in [2.45, 2.75) is 12.5 Å². The Morgan fingerprint density at radius 2 is 2.15 bits per heavy atom. The second-order valence-electron chi connectivity index (χ2n) is 4.25. The molecule has 1 aromatic carbocycles. The lowest BCUT2D eigenvalue weighted by molar-refractivity contribution is 0.0446. The van der Waals surface area contributed by atoms with Crippen LogP contribution in [0.3, 0.4) is 0 Å². The van der Waals surface area contributed by atoms with E-state index in [0.29, 0.717) is 23.6 Å². The molecule has 0 amide bonds. The molecule has 0 fully saturated rings. The minimum atomic E-state index is -0.910. The van der Waals surface area contributed by atoms with Crippen molar-refractivity contribution in [3.8, 4) is 5.88 Å². The molecule has 1 atom stereocenters. The lowest BCUT2D eigenvalue weighted by atomic mass is 10.1. The van der Waals surface area contributed by atoms with Crippen molar-refractivity contribution in [1.29, 1.82) is 0 Å². The monoisotopic (exact) mass is 280 g/mol. The lowest BCUT2D eigenvalue weighted by Gasteiger charge is -2.07. The van der Waals surface area contributed by atoms with E-state index < -0.39 is 11.6 Å². The molecular weight excluding hydrogens is 270 g/mol. The fourth-order valence-corrected chi connectivity index (χ4v) is 1.82. The summed E-state index contributed by atoms with van der Waals surface area (Å²) in [5.41, 5.74) is 1.05. The molecule has 0 radical (unpaired) electrons. The van der Waals surface area contributed by atoms with Crippen LogP contribution in [-0.4, -0.2) is 23.6 Å². The fourth-order valence-electron chi connectivity index (χ4n) is 1.82. The zero-order chi connectivity index (χ0) is 13.9. The summed E-state index contributed by atoms with van der Waals surface area (Å²) < 4.78 is 36.0. The molecule has 2 aromatic rings. The maximum atomic E-state index is 13.1. The molecule has 0 saturated heterocycles. The van der Waals surface area contributed by atoms with Crippen molar-refractivity contribution >= 4 is 5.71 Å². The summed E-state index contributed by atoms with van der Waals surface area (Å²) in [6, 6.07) is 5.19. The molecule has 2 heterocycles. The van der Waals surface area contributed by atoms with Gasteiger partial charge in [0.1, 0.15) is 12.9 Å². The van der Waals surface area contributed by atoms with Crippen molar-refractivity contribution in [2.24, 2.45) is 5.16 Å². The Kier molecular flexibility index (Phi) is 3.32. The van der Waals surface area contributed by atoms with Crippen molar-refractivity contribution in [3.05, 3.63) is 47.7 Å².